The highest BCUT2D eigenvalue weighted by atomic mass is 35.5. The number of primary amides is 1. The lowest BCUT2D eigenvalue weighted by atomic mass is 10.0. The average molecular weight is 462 g/mol. The van der Waals surface area contributed by atoms with Crippen molar-refractivity contribution in [1.29, 1.82) is 0 Å². The first-order valence-corrected chi connectivity index (χ1v) is 10.2. The van der Waals surface area contributed by atoms with E-state index in [-0.39, 0.29) is 17.4 Å². The predicted molar refractivity (Wildman–Crippen MR) is 122 cm³/mol. The maximum absolute atomic E-state index is 13.4. The molecule has 0 aliphatic rings. The number of hydrogen-bond donors (Lipinski definition) is 3. The smallest absolute Gasteiger partial charge is 0.404 e. The SMILES string of the molecule is NC(=O)OCc1nc2cnc3[nH]cc(C(=O)c4ccc(Oc5ccccc5)cc4Cl)c3c2[nH]1. The van der Waals surface area contributed by atoms with Gasteiger partial charge in [0, 0.05) is 17.8 Å². The first-order valence-electron chi connectivity index (χ1n) is 9.83. The van der Waals surface area contributed by atoms with Crippen LogP contribution in [0, 0.1) is 0 Å². The molecule has 0 unspecified atom stereocenters. The number of nitrogens with two attached hydrogens (primary N) is 1. The lowest BCUT2D eigenvalue weighted by Crippen LogP contribution is -2.13. The Morgan fingerprint density at radius 2 is 1.88 bits per heavy atom. The molecule has 0 spiro atoms. The van der Waals surface area contributed by atoms with E-state index in [1.165, 1.54) is 0 Å². The minimum Gasteiger partial charge on any atom is -0.457 e. The number of aromatic nitrogens is 4. The van der Waals surface area contributed by atoms with Crippen molar-refractivity contribution in [3.63, 3.8) is 0 Å². The third-order valence-corrected chi connectivity index (χ3v) is 5.28. The van der Waals surface area contributed by atoms with Crippen molar-refractivity contribution in [2.24, 2.45) is 5.73 Å². The van der Waals surface area contributed by atoms with Crippen LogP contribution in [0.25, 0.3) is 22.1 Å². The van der Waals surface area contributed by atoms with Gasteiger partial charge in [-0.2, -0.15) is 0 Å². The zero-order valence-corrected chi connectivity index (χ0v) is 17.7. The number of benzene rings is 2. The molecule has 0 radical (unpaired) electrons. The number of ether oxygens (including phenoxy) is 2. The van der Waals surface area contributed by atoms with Crippen LogP contribution in [0.3, 0.4) is 0 Å². The molecule has 4 N–H and O–H groups in total. The lowest BCUT2D eigenvalue weighted by molar-refractivity contribution is 0.104. The summed E-state index contributed by atoms with van der Waals surface area (Å²) in [4.78, 5) is 39.0. The Kier molecular flexibility index (Phi) is 5.15. The number of fused-ring (bicyclic) bond motifs is 3. The molecular weight excluding hydrogens is 446 g/mol. The summed E-state index contributed by atoms with van der Waals surface area (Å²) < 4.78 is 10.6. The minimum absolute atomic E-state index is 0.131. The highest BCUT2D eigenvalue weighted by molar-refractivity contribution is 6.36. The number of carbonyl (C=O) groups excluding carboxylic acids is 2. The number of imidazole rings is 1. The van der Waals surface area contributed by atoms with E-state index in [0.717, 1.165) is 0 Å². The number of hydrogen-bond acceptors (Lipinski definition) is 6. The van der Waals surface area contributed by atoms with Crippen LogP contribution in [0.2, 0.25) is 5.02 Å². The third kappa shape index (κ3) is 3.97. The van der Waals surface area contributed by atoms with Gasteiger partial charge in [-0.15, -0.1) is 0 Å². The minimum atomic E-state index is -0.912. The van der Waals surface area contributed by atoms with E-state index >= 15 is 0 Å². The highest BCUT2D eigenvalue weighted by Crippen LogP contribution is 2.31. The fourth-order valence-corrected chi connectivity index (χ4v) is 3.77. The first-order chi connectivity index (χ1) is 16.0. The summed E-state index contributed by atoms with van der Waals surface area (Å²) in [5.41, 5.74) is 7.28. The lowest BCUT2D eigenvalue weighted by Gasteiger charge is -2.08. The fourth-order valence-electron chi connectivity index (χ4n) is 3.51. The maximum Gasteiger partial charge on any atom is 0.404 e. The van der Waals surface area contributed by atoms with Crippen LogP contribution >= 0.6 is 11.6 Å². The molecule has 5 aromatic rings. The van der Waals surface area contributed by atoms with Crippen LogP contribution in [0.1, 0.15) is 21.7 Å². The Balaban J connectivity index is 1.50. The summed E-state index contributed by atoms with van der Waals surface area (Å²) in [6.45, 7) is -0.131. The molecule has 5 rings (SSSR count). The number of para-hydroxylation sites is 1. The molecule has 9 nitrogen and oxygen atoms in total. The number of amides is 1. The van der Waals surface area contributed by atoms with E-state index in [9.17, 15) is 9.59 Å². The molecule has 0 aliphatic carbocycles. The normalized spacial score (nSPS) is 11.1. The monoisotopic (exact) mass is 461 g/mol. The van der Waals surface area contributed by atoms with Crippen molar-refractivity contribution >= 4 is 45.5 Å². The molecule has 0 saturated carbocycles. The number of carbonyl (C=O) groups is 2. The number of halogens is 1. The number of pyridine rings is 1. The summed E-state index contributed by atoms with van der Waals surface area (Å²) >= 11 is 6.44. The predicted octanol–water partition coefficient (Wildman–Crippen LogP) is 4.71. The Morgan fingerprint density at radius 3 is 2.64 bits per heavy atom. The van der Waals surface area contributed by atoms with Gasteiger partial charge >= 0.3 is 6.09 Å². The zero-order chi connectivity index (χ0) is 22.9. The number of rotatable bonds is 6. The summed E-state index contributed by atoms with van der Waals surface area (Å²) in [5.74, 6) is 1.25. The molecule has 0 aliphatic heterocycles. The first kappa shape index (κ1) is 20.5. The van der Waals surface area contributed by atoms with E-state index in [1.807, 2.05) is 30.3 Å². The van der Waals surface area contributed by atoms with Crippen molar-refractivity contribution in [1.82, 2.24) is 19.9 Å². The van der Waals surface area contributed by atoms with Gasteiger partial charge in [-0.25, -0.2) is 14.8 Å². The van der Waals surface area contributed by atoms with Gasteiger partial charge in [0.05, 0.1) is 27.7 Å². The van der Waals surface area contributed by atoms with Crippen LogP contribution in [0.15, 0.2) is 60.9 Å². The molecule has 1 amide bonds. The van der Waals surface area contributed by atoms with E-state index in [4.69, 9.17) is 26.8 Å². The van der Waals surface area contributed by atoms with Crippen LogP contribution in [-0.4, -0.2) is 31.8 Å². The molecule has 3 heterocycles. The van der Waals surface area contributed by atoms with Crippen LogP contribution in [0.4, 0.5) is 4.79 Å². The Hall–Kier alpha value is -4.37. The summed E-state index contributed by atoms with van der Waals surface area (Å²) in [6, 6.07) is 14.2. The van der Waals surface area contributed by atoms with Gasteiger partial charge in [-0.3, -0.25) is 4.79 Å². The molecule has 33 heavy (non-hydrogen) atoms. The molecule has 0 bridgehead atoms. The summed E-state index contributed by atoms with van der Waals surface area (Å²) in [5, 5.41) is 0.805. The number of H-pyrrole nitrogens is 2. The molecule has 10 heteroatoms. The second kappa shape index (κ2) is 8.29. The van der Waals surface area contributed by atoms with Gasteiger partial charge < -0.3 is 25.2 Å². The summed E-state index contributed by atoms with van der Waals surface area (Å²) in [6.07, 6.45) is 2.21. The van der Waals surface area contributed by atoms with E-state index in [2.05, 4.69) is 19.9 Å². The van der Waals surface area contributed by atoms with Gasteiger partial charge in [0.2, 0.25) is 0 Å². The Labute approximate surface area is 191 Å². The van der Waals surface area contributed by atoms with Gasteiger partial charge in [0.1, 0.15) is 28.5 Å². The van der Waals surface area contributed by atoms with Crippen LogP contribution in [-0.2, 0) is 11.3 Å². The van der Waals surface area contributed by atoms with Gasteiger partial charge in [-0.05, 0) is 24.3 Å². The van der Waals surface area contributed by atoms with Crippen molar-refractivity contribution in [2.45, 2.75) is 6.61 Å². The summed E-state index contributed by atoms with van der Waals surface area (Å²) in [7, 11) is 0. The Bertz CT molecular complexity index is 1510. The highest BCUT2D eigenvalue weighted by Gasteiger charge is 2.21. The molecule has 3 aromatic heterocycles. The van der Waals surface area contributed by atoms with Gasteiger partial charge in [0.25, 0.3) is 0 Å². The van der Waals surface area contributed by atoms with Crippen LogP contribution in [0.5, 0.6) is 11.5 Å². The fraction of sp³-hybridized carbons (Fsp3) is 0.0435. The number of nitrogens with zero attached hydrogens (tertiary/aromatic N) is 2. The van der Waals surface area contributed by atoms with Crippen molar-refractivity contribution in [3.8, 4) is 11.5 Å². The Morgan fingerprint density at radius 1 is 1.06 bits per heavy atom. The number of aromatic amines is 2. The van der Waals surface area contributed by atoms with Crippen molar-refractivity contribution in [3.05, 3.63) is 82.9 Å². The molecule has 0 atom stereocenters. The van der Waals surface area contributed by atoms with Gasteiger partial charge in [-0.1, -0.05) is 29.8 Å². The standard InChI is InChI=1S/C23H16ClN5O4/c24-16-8-13(33-12-4-2-1-3-5-12)6-7-14(16)21(30)15-9-26-22-19(15)20-17(10-27-22)28-18(29-20)11-32-23(25)31/h1-10H,11H2,(H2,25,31)(H,26,27)(H,28,29). The molecular formula is C23H16ClN5O4. The topological polar surface area (TPSA) is 136 Å². The quantitative estimate of drug-likeness (QED) is 0.313. The molecule has 2 aromatic carbocycles. The molecule has 164 valence electrons. The second-order valence-electron chi connectivity index (χ2n) is 7.12. The zero-order valence-electron chi connectivity index (χ0n) is 17.0. The number of ketones is 1. The molecule has 0 saturated heterocycles. The van der Waals surface area contributed by atoms with E-state index in [1.54, 1.807) is 30.6 Å². The average Bonchev–Trinajstić information content (AvgIpc) is 3.42. The third-order valence-electron chi connectivity index (χ3n) is 4.97. The maximum atomic E-state index is 13.4. The van der Waals surface area contributed by atoms with Crippen molar-refractivity contribution < 1.29 is 19.1 Å². The van der Waals surface area contributed by atoms with E-state index in [0.29, 0.717) is 50.5 Å². The van der Waals surface area contributed by atoms with Gasteiger partial charge in [0.15, 0.2) is 12.4 Å². The largest absolute Gasteiger partial charge is 0.457 e. The van der Waals surface area contributed by atoms with E-state index < -0.39 is 6.09 Å². The van der Waals surface area contributed by atoms with Crippen molar-refractivity contribution in [2.75, 3.05) is 0 Å². The van der Waals surface area contributed by atoms with Crippen LogP contribution < -0.4 is 10.5 Å². The molecule has 0 fully saturated rings. The number of nitrogens with one attached hydrogen (secondary N) is 2. The second-order valence-corrected chi connectivity index (χ2v) is 7.53.